The van der Waals surface area contributed by atoms with Crippen LogP contribution in [0.3, 0.4) is 0 Å². The number of aryl methyl sites for hydroxylation is 1. The summed E-state index contributed by atoms with van der Waals surface area (Å²) in [5.41, 5.74) is 3.09. The molecule has 4 nitrogen and oxygen atoms in total. The van der Waals surface area contributed by atoms with Crippen LogP contribution >= 0.6 is 0 Å². The van der Waals surface area contributed by atoms with Gasteiger partial charge in [-0.1, -0.05) is 25.1 Å². The van der Waals surface area contributed by atoms with Crippen molar-refractivity contribution in [2.45, 2.75) is 26.7 Å². The number of nitrogens with one attached hydrogen (secondary N) is 1. The number of carboxylic acids is 1. The van der Waals surface area contributed by atoms with Crippen LogP contribution in [0, 0.1) is 12.8 Å². The van der Waals surface area contributed by atoms with Gasteiger partial charge < -0.3 is 10.1 Å². The number of H-pyrrole nitrogens is 1. The molecule has 2 N–H and O–H groups in total. The number of nitrogens with zero attached hydrogens (tertiary/aromatic N) is 1. The average Bonchev–Trinajstić information content (AvgIpc) is 2.73. The first-order valence-electron chi connectivity index (χ1n) is 6.42. The van der Waals surface area contributed by atoms with Gasteiger partial charge in [0, 0.05) is 0 Å². The third-order valence-electron chi connectivity index (χ3n) is 3.12. The van der Waals surface area contributed by atoms with Crippen molar-refractivity contribution in [3.05, 3.63) is 35.7 Å². The van der Waals surface area contributed by atoms with E-state index >= 15 is 0 Å². The van der Waals surface area contributed by atoms with Crippen molar-refractivity contribution in [3.63, 3.8) is 0 Å². The predicted octanol–water partition coefficient (Wildman–Crippen LogP) is 3.39. The molecule has 1 aromatic heterocycles. The normalized spacial score (nSPS) is 13.2. The summed E-state index contributed by atoms with van der Waals surface area (Å²) in [6.45, 7) is 3.67. The van der Waals surface area contributed by atoms with Gasteiger partial charge in [0.25, 0.3) is 0 Å². The van der Waals surface area contributed by atoms with Gasteiger partial charge in [-0.25, -0.2) is 4.98 Å². The largest absolute Gasteiger partial charge is 0.481 e. The highest BCUT2D eigenvalue weighted by molar-refractivity contribution is 5.78. The first-order valence-corrected chi connectivity index (χ1v) is 6.42. The lowest BCUT2D eigenvalue weighted by atomic mass is 10.1. The number of hydrogen-bond acceptors (Lipinski definition) is 2. The van der Waals surface area contributed by atoms with E-state index < -0.39 is 5.97 Å². The maximum absolute atomic E-state index is 10.7. The van der Waals surface area contributed by atoms with Crippen molar-refractivity contribution in [2.75, 3.05) is 0 Å². The van der Waals surface area contributed by atoms with E-state index in [1.54, 1.807) is 6.92 Å². The Kier molecular flexibility index (Phi) is 4.00. The third-order valence-corrected chi connectivity index (χ3v) is 3.12. The van der Waals surface area contributed by atoms with Crippen LogP contribution in [-0.2, 0) is 4.79 Å². The van der Waals surface area contributed by atoms with E-state index in [0.29, 0.717) is 6.42 Å². The molecule has 2 aromatic rings. The first kappa shape index (κ1) is 13.3. The number of allylic oxidation sites excluding steroid dienone is 1. The second kappa shape index (κ2) is 5.69. The van der Waals surface area contributed by atoms with Crippen LogP contribution in [0.15, 0.2) is 24.3 Å². The summed E-state index contributed by atoms with van der Waals surface area (Å²) in [4.78, 5) is 18.2. The maximum Gasteiger partial charge on any atom is 0.306 e. The molecule has 0 fully saturated rings. The van der Waals surface area contributed by atoms with Crippen LogP contribution in [0.1, 0.15) is 31.2 Å². The Bertz CT molecular complexity index is 614. The Balaban J connectivity index is 1.98. The van der Waals surface area contributed by atoms with Gasteiger partial charge in [-0.15, -0.1) is 0 Å². The fraction of sp³-hybridized carbons (Fsp3) is 0.333. The number of rotatable bonds is 5. The van der Waals surface area contributed by atoms with Crippen molar-refractivity contribution in [2.24, 2.45) is 5.92 Å². The Labute approximate surface area is 112 Å². The van der Waals surface area contributed by atoms with Gasteiger partial charge in [-0.05, 0) is 37.5 Å². The molecule has 0 saturated heterocycles. The summed E-state index contributed by atoms with van der Waals surface area (Å²) in [5.74, 6) is -0.114. The van der Waals surface area contributed by atoms with E-state index in [1.165, 1.54) is 0 Å². The third kappa shape index (κ3) is 3.44. The van der Waals surface area contributed by atoms with Crippen molar-refractivity contribution >= 4 is 23.1 Å². The van der Waals surface area contributed by atoms with Crippen LogP contribution < -0.4 is 0 Å². The predicted molar refractivity (Wildman–Crippen MR) is 75.9 cm³/mol. The molecule has 4 heteroatoms. The monoisotopic (exact) mass is 258 g/mol. The van der Waals surface area contributed by atoms with Crippen LogP contribution in [0.2, 0.25) is 0 Å². The molecule has 0 aliphatic rings. The SMILES string of the molecule is Cc1nc2ccc(/C=C/CCC(C)C(=O)O)cc2[nH]1. The number of hydrogen-bond donors (Lipinski definition) is 2. The molecule has 1 unspecified atom stereocenters. The number of fused-ring (bicyclic) bond motifs is 1. The van der Waals surface area contributed by atoms with Gasteiger partial charge in [0.15, 0.2) is 0 Å². The Morgan fingerprint density at radius 3 is 3.05 bits per heavy atom. The van der Waals surface area contributed by atoms with Crippen LogP contribution in [0.4, 0.5) is 0 Å². The zero-order chi connectivity index (χ0) is 13.8. The van der Waals surface area contributed by atoms with Crippen molar-refractivity contribution < 1.29 is 9.90 Å². The molecular formula is C15H18N2O2. The molecule has 2 rings (SSSR count). The van der Waals surface area contributed by atoms with Crippen molar-refractivity contribution in [3.8, 4) is 0 Å². The van der Waals surface area contributed by atoms with Gasteiger partial charge in [-0.2, -0.15) is 0 Å². The molecular weight excluding hydrogens is 240 g/mol. The Hall–Kier alpha value is -2.10. The number of aliphatic carboxylic acids is 1. The molecule has 0 amide bonds. The molecule has 0 aliphatic carbocycles. The lowest BCUT2D eigenvalue weighted by Gasteiger charge is -2.01. The Morgan fingerprint density at radius 1 is 1.53 bits per heavy atom. The smallest absolute Gasteiger partial charge is 0.306 e. The molecule has 1 aromatic carbocycles. The van der Waals surface area contributed by atoms with Crippen LogP contribution in [-0.4, -0.2) is 21.0 Å². The van der Waals surface area contributed by atoms with Crippen molar-refractivity contribution in [1.29, 1.82) is 0 Å². The summed E-state index contributed by atoms with van der Waals surface area (Å²) in [5, 5.41) is 8.78. The van der Waals surface area contributed by atoms with E-state index in [1.807, 2.05) is 37.3 Å². The lowest BCUT2D eigenvalue weighted by Crippen LogP contribution is -2.08. The van der Waals surface area contributed by atoms with E-state index in [0.717, 1.165) is 28.8 Å². The van der Waals surface area contributed by atoms with Gasteiger partial charge in [-0.3, -0.25) is 4.79 Å². The van der Waals surface area contributed by atoms with Gasteiger partial charge in [0.2, 0.25) is 0 Å². The fourth-order valence-corrected chi connectivity index (χ4v) is 1.95. The highest BCUT2D eigenvalue weighted by Gasteiger charge is 2.08. The van der Waals surface area contributed by atoms with Gasteiger partial charge in [0.05, 0.1) is 17.0 Å². The molecule has 0 bridgehead atoms. The van der Waals surface area contributed by atoms with Gasteiger partial charge >= 0.3 is 5.97 Å². The minimum atomic E-state index is -0.734. The molecule has 1 heterocycles. The van der Waals surface area contributed by atoms with E-state index in [9.17, 15) is 4.79 Å². The molecule has 0 radical (unpaired) electrons. The average molecular weight is 258 g/mol. The zero-order valence-electron chi connectivity index (χ0n) is 11.2. The minimum Gasteiger partial charge on any atom is -0.481 e. The number of benzene rings is 1. The zero-order valence-corrected chi connectivity index (χ0v) is 11.2. The minimum absolute atomic E-state index is 0.289. The number of imidazole rings is 1. The number of aromatic nitrogens is 2. The van der Waals surface area contributed by atoms with Gasteiger partial charge in [0.1, 0.15) is 5.82 Å². The maximum atomic E-state index is 10.7. The number of carbonyl (C=O) groups is 1. The molecule has 0 aliphatic heterocycles. The molecule has 19 heavy (non-hydrogen) atoms. The van der Waals surface area contributed by atoms with E-state index in [4.69, 9.17) is 5.11 Å². The highest BCUT2D eigenvalue weighted by atomic mass is 16.4. The highest BCUT2D eigenvalue weighted by Crippen LogP contribution is 2.15. The standard InChI is InChI=1S/C15H18N2O2/c1-10(15(18)19)5-3-4-6-12-7-8-13-14(9-12)17-11(2)16-13/h4,6-10H,3,5H2,1-2H3,(H,16,17)(H,18,19)/b6-4+. The van der Waals surface area contributed by atoms with E-state index in [-0.39, 0.29) is 5.92 Å². The van der Waals surface area contributed by atoms with Crippen LogP contribution in [0.5, 0.6) is 0 Å². The topological polar surface area (TPSA) is 66.0 Å². The fourth-order valence-electron chi connectivity index (χ4n) is 1.95. The lowest BCUT2D eigenvalue weighted by molar-refractivity contribution is -0.141. The van der Waals surface area contributed by atoms with Crippen molar-refractivity contribution in [1.82, 2.24) is 9.97 Å². The second-order valence-electron chi connectivity index (χ2n) is 4.82. The second-order valence-corrected chi connectivity index (χ2v) is 4.82. The Morgan fingerprint density at radius 2 is 2.32 bits per heavy atom. The summed E-state index contributed by atoms with van der Waals surface area (Å²) >= 11 is 0. The summed E-state index contributed by atoms with van der Waals surface area (Å²) in [7, 11) is 0. The quantitative estimate of drug-likeness (QED) is 0.864. The summed E-state index contributed by atoms with van der Waals surface area (Å²) < 4.78 is 0. The summed E-state index contributed by atoms with van der Waals surface area (Å²) in [6.07, 6.45) is 5.47. The number of carboxylic acid groups (broad SMARTS) is 1. The number of aromatic amines is 1. The van der Waals surface area contributed by atoms with E-state index in [2.05, 4.69) is 9.97 Å². The van der Waals surface area contributed by atoms with Crippen LogP contribution in [0.25, 0.3) is 17.1 Å². The summed E-state index contributed by atoms with van der Waals surface area (Å²) in [6, 6.07) is 6.05. The molecule has 1 atom stereocenters. The molecule has 100 valence electrons. The molecule has 0 saturated carbocycles. The first-order chi connectivity index (χ1) is 9.06. The molecule has 0 spiro atoms.